The number of halogens is 1. The van der Waals surface area contributed by atoms with Crippen LogP contribution in [0.25, 0.3) is 0 Å². The van der Waals surface area contributed by atoms with E-state index in [4.69, 9.17) is 0 Å². The summed E-state index contributed by atoms with van der Waals surface area (Å²) in [5.74, 6) is 0.586. The van der Waals surface area contributed by atoms with E-state index in [1.54, 1.807) is 0 Å². The van der Waals surface area contributed by atoms with E-state index in [9.17, 15) is 0 Å². The van der Waals surface area contributed by atoms with Crippen LogP contribution >= 0.6 is 15.9 Å². The third-order valence-corrected chi connectivity index (χ3v) is 2.13. The van der Waals surface area contributed by atoms with Crippen LogP contribution in [-0.4, -0.2) is 4.98 Å². The average Bonchev–Trinajstić information content (AvgIpc) is 2.00. The monoisotopic (exact) mass is 275 g/mol. The molecule has 0 radical (unpaired) electrons. The van der Waals surface area contributed by atoms with Crippen LogP contribution in [0.1, 0.15) is 31.2 Å². The van der Waals surface area contributed by atoms with Crippen LogP contribution in [0.5, 0.6) is 0 Å². The van der Waals surface area contributed by atoms with Gasteiger partial charge in [0.15, 0.2) is 0 Å². The molecule has 0 aliphatic carbocycles. The Hall–Kier alpha value is 0.0974. The molecule has 0 fully saturated rings. The first kappa shape index (κ1) is 18.5. The van der Waals surface area contributed by atoms with Crippen molar-refractivity contribution in [3.8, 4) is 0 Å². The van der Waals surface area contributed by atoms with E-state index in [-0.39, 0.29) is 18.9 Å². The van der Waals surface area contributed by atoms with Crippen molar-refractivity contribution in [1.29, 1.82) is 0 Å². The molecule has 1 rings (SSSR count). The van der Waals surface area contributed by atoms with Gasteiger partial charge in [0.05, 0.1) is 0 Å². The summed E-state index contributed by atoms with van der Waals surface area (Å²) in [7, 11) is 0. The molecule has 1 nitrogen and oxygen atoms in total. The second-order valence-corrected chi connectivity index (χ2v) is 4.58. The van der Waals surface area contributed by atoms with E-state index >= 15 is 0 Å². The van der Waals surface area contributed by atoms with Gasteiger partial charge in [-0.15, -0.1) is 12.1 Å². The van der Waals surface area contributed by atoms with E-state index < -0.39 is 0 Å². The largest absolute Gasteiger partial charge is 1.00 e. The van der Waals surface area contributed by atoms with Crippen molar-refractivity contribution in [2.24, 2.45) is 5.92 Å². The Morgan fingerprint density at radius 3 is 2.25 bits per heavy atom. The third kappa shape index (κ3) is 10.6. The molecule has 0 saturated heterocycles. The fourth-order valence-electron chi connectivity index (χ4n) is 1.04. The Bertz CT molecular complexity index is 237. The molecule has 0 bridgehead atoms. The van der Waals surface area contributed by atoms with Crippen molar-refractivity contribution < 1.29 is 18.9 Å². The molecule has 1 atom stereocenters. The summed E-state index contributed by atoms with van der Waals surface area (Å²) in [6, 6.07) is 3.84. The van der Waals surface area contributed by atoms with Crippen molar-refractivity contribution >= 4 is 15.9 Å². The molecule has 1 aromatic heterocycles. The van der Waals surface area contributed by atoms with Crippen LogP contribution in [0.3, 0.4) is 0 Å². The molecule has 1 aromatic rings. The fraction of sp³-hybridized carbons (Fsp3) is 0.385. The molecule has 0 aliphatic rings. The molecule has 0 spiro atoms. The van der Waals surface area contributed by atoms with Gasteiger partial charge in [-0.05, 0) is 13.0 Å². The SMILES string of the molecule is [CH2-]CC[C@@H]([CH2-])C.[CH2-]c1cc(Br)cc(C)n1.[Li+]. The van der Waals surface area contributed by atoms with Crippen molar-refractivity contribution in [1.82, 2.24) is 4.98 Å². The molecule has 16 heavy (non-hydrogen) atoms. The second kappa shape index (κ2) is 10.3. The minimum Gasteiger partial charge on any atom is -0.343 e. The summed E-state index contributed by atoms with van der Waals surface area (Å²) in [4.78, 5) is 4.09. The Morgan fingerprint density at radius 2 is 2.00 bits per heavy atom. The molecule has 86 valence electrons. The first-order chi connectivity index (χ1) is 6.95. The van der Waals surface area contributed by atoms with E-state index in [2.05, 4.69) is 48.6 Å². The van der Waals surface area contributed by atoms with Crippen molar-refractivity contribution in [3.63, 3.8) is 0 Å². The van der Waals surface area contributed by atoms with E-state index in [0.29, 0.717) is 5.92 Å². The first-order valence-electron chi connectivity index (χ1n) is 5.04. The van der Waals surface area contributed by atoms with E-state index in [1.807, 2.05) is 19.1 Å². The molecule has 0 unspecified atom stereocenters. The van der Waals surface area contributed by atoms with Gasteiger partial charge in [0.25, 0.3) is 0 Å². The van der Waals surface area contributed by atoms with Crippen LogP contribution in [0.4, 0.5) is 0 Å². The summed E-state index contributed by atoms with van der Waals surface area (Å²) < 4.78 is 1.04. The molecule has 0 N–H and O–H groups in total. The van der Waals surface area contributed by atoms with Crippen molar-refractivity contribution in [3.05, 3.63) is 48.8 Å². The maximum absolute atomic E-state index is 4.09. The van der Waals surface area contributed by atoms with Gasteiger partial charge in [0.1, 0.15) is 0 Å². The predicted molar refractivity (Wildman–Crippen MR) is 70.2 cm³/mol. The summed E-state index contributed by atoms with van der Waals surface area (Å²) in [6.07, 6.45) is 2.17. The molecular formula is C13H19BrLiN-2. The number of nitrogens with zero attached hydrogens (tertiary/aromatic N) is 1. The number of aryl methyl sites for hydroxylation is 1. The van der Waals surface area contributed by atoms with Crippen molar-refractivity contribution in [2.75, 3.05) is 0 Å². The molecule has 1 heterocycles. The molecule has 0 saturated carbocycles. The summed E-state index contributed by atoms with van der Waals surface area (Å²) in [6.45, 7) is 15.2. The molecule has 3 heteroatoms. The number of rotatable bonds is 2. The second-order valence-electron chi connectivity index (χ2n) is 3.67. The van der Waals surface area contributed by atoms with Crippen LogP contribution in [0.2, 0.25) is 0 Å². The predicted octanol–water partition coefficient (Wildman–Crippen LogP) is 1.41. The zero-order chi connectivity index (χ0) is 11.8. The maximum Gasteiger partial charge on any atom is 1.00 e. The summed E-state index contributed by atoms with van der Waals surface area (Å²) in [5.41, 5.74) is 1.80. The first-order valence-corrected chi connectivity index (χ1v) is 5.83. The fourth-order valence-corrected chi connectivity index (χ4v) is 1.64. The standard InChI is InChI=1S/C7H7BrN.C6H12.Li/c1-5-3-7(8)4-6(2)9-5;1-4-5-6(2)3;/h3-4H,1H2,2H3;6H,1-2,4-5H2,3H3;/q-1;-2;+1/t;6-;/m.0./s1. The van der Waals surface area contributed by atoms with Gasteiger partial charge in [0.2, 0.25) is 0 Å². The van der Waals surface area contributed by atoms with Gasteiger partial charge in [-0.1, -0.05) is 27.3 Å². The Balaban J connectivity index is 0. The molecule has 0 aliphatic heterocycles. The summed E-state index contributed by atoms with van der Waals surface area (Å²) in [5, 5.41) is 0. The number of aromatic nitrogens is 1. The van der Waals surface area contributed by atoms with Gasteiger partial charge in [-0.3, -0.25) is 4.98 Å². The minimum absolute atomic E-state index is 0. The van der Waals surface area contributed by atoms with Gasteiger partial charge in [-0.2, -0.15) is 18.4 Å². The topological polar surface area (TPSA) is 12.9 Å². The Kier molecular flexibility index (Phi) is 11.8. The number of hydrogen-bond acceptors (Lipinski definition) is 1. The van der Waals surface area contributed by atoms with Gasteiger partial charge in [0, 0.05) is 5.69 Å². The van der Waals surface area contributed by atoms with Crippen LogP contribution in [-0.2, 0) is 0 Å². The van der Waals surface area contributed by atoms with Crippen molar-refractivity contribution in [2.45, 2.75) is 26.7 Å². The number of pyridine rings is 1. The molecule has 0 amide bonds. The summed E-state index contributed by atoms with van der Waals surface area (Å²) >= 11 is 3.33. The zero-order valence-corrected chi connectivity index (χ0v) is 12.2. The molecular weight excluding hydrogens is 257 g/mol. The molecule has 0 aromatic carbocycles. The maximum atomic E-state index is 4.09. The normalized spacial score (nSPS) is 10.8. The quantitative estimate of drug-likeness (QED) is 0.588. The third-order valence-electron chi connectivity index (χ3n) is 1.67. The van der Waals surface area contributed by atoms with Gasteiger partial charge < -0.3 is 13.8 Å². The van der Waals surface area contributed by atoms with E-state index in [0.717, 1.165) is 28.7 Å². The number of hydrogen-bond donors (Lipinski definition) is 0. The van der Waals surface area contributed by atoms with E-state index in [1.165, 1.54) is 0 Å². The van der Waals surface area contributed by atoms with Crippen LogP contribution in [0.15, 0.2) is 16.6 Å². The van der Waals surface area contributed by atoms with Crippen LogP contribution < -0.4 is 18.9 Å². The van der Waals surface area contributed by atoms with Gasteiger partial charge in [-0.25, -0.2) is 6.92 Å². The average molecular weight is 276 g/mol. The smallest absolute Gasteiger partial charge is 0.343 e. The Morgan fingerprint density at radius 1 is 1.44 bits per heavy atom. The van der Waals surface area contributed by atoms with Gasteiger partial charge >= 0.3 is 18.9 Å². The van der Waals surface area contributed by atoms with Crippen LogP contribution in [0, 0.1) is 33.6 Å². The zero-order valence-electron chi connectivity index (χ0n) is 10.6. The minimum atomic E-state index is 0. The Labute approximate surface area is 121 Å².